The fourth-order valence-corrected chi connectivity index (χ4v) is 2.20. The average Bonchev–Trinajstić information content (AvgIpc) is 2.64. The van der Waals surface area contributed by atoms with E-state index in [0.29, 0.717) is 5.76 Å². The summed E-state index contributed by atoms with van der Waals surface area (Å²) in [6.07, 6.45) is 1.74. The molecule has 1 saturated heterocycles. The Balaban J connectivity index is 2.10. The van der Waals surface area contributed by atoms with E-state index in [1.807, 2.05) is 24.8 Å². The molecule has 0 spiro atoms. The molecule has 1 aliphatic rings. The average molecular weight is 222 g/mol. The van der Waals surface area contributed by atoms with Crippen LogP contribution < -0.4 is 5.73 Å². The third-order valence-corrected chi connectivity index (χ3v) is 3.13. The molecule has 2 atom stereocenters. The molecular weight excluding hydrogens is 204 g/mol. The molecule has 0 aliphatic carbocycles. The lowest BCUT2D eigenvalue weighted by molar-refractivity contribution is 0.0585. The van der Waals surface area contributed by atoms with Crippen molar-refractivity contribution in [3.8, 4) is 0 Å². The predicted molar refractivity (Wildman–Crippen MR) is 61.2 cm³/mol. The first-order chi connectivity index (χ1) is 7.58. The largest absolute Gasteiger partial charge is 0.456 e. The lowest BCUT2D eigenvalue weighted by Gasteiger charge is -2.35. The highest BCUT2D eigenvalue weighted by molar-refractivity contribution is 5.91. The lowest BCUT2D eigenvalue weighted by atomic mass is 9.99. The second-order valence-electron chi connectivity index (χ2n) is 4.54. The van der Waals surface area contributed by atoms with Gasteiger partial charge in [-0.3, -0.25) is 4.79 Å². The normalized spacial score (nSPS) is 25.8. The molecule has 16 heavy (non-hydrogen) atoms. The molecule has 1 aromatic rings. The SMILES string of the molecule is Cc1ccc(C(=O)N2CCC(N)CC2C)o1. The Morgan fingerprint density at radius 3 is 2.88 bits per heavy atom. The Hall–Kier alpha value is -1.29. The smallest absolute Gasteiger partial charge is 0.289 e. The standard InChI is InChI=1S/C12H18N2O2/c1-8-7-10(13)5-6-14(8)12(15)11-4-3-9(2)16-11/h3-4,8,10H,5-7,13H2,1-2H3. The monoisotopic (exact) mass is 222 g/mol. The zero-order valence-corrected chi connectivity index (χ0v) is 9.77. The van der Waals surface area contributed by atoms with Gasteiger partial charge in [0.25, 0.3) is 5.91 Å². The minimum atomic E-state index is -0.0208. The van der Waals surface area contributed by atoms with E-state index in [9.17, 15) is 4.79 Å². The van der Waals surface area contributed by atoms with Crippen LogP contribution in [0.1, 0.15) is 36.1 Å². The molecule has 2 rings (SSSR count). The highest BCUT2D eigenvalue weighted by Gasteiger charge is 2.28. The molecular formula is C12H18N2O2. The van der Waals surface area contributed by atoms with Gasteiger partial charge in [0.15, 0.2) is 5.76 Å². The van der Waals surface area contributed by atoms with Crippen molar-refractivity contribution in [2.75, 3.05) is 6.54 Å². The second kappa shape index (κ2) is 4.29. The van der Waals surface area contributed by atoms with Crippen LogP contribution in [0.5, 0.6) is 0 Å². The van der Waals surface area contributed by atoms with Crippen molar-refractivity contribution >= 4 is 5.91 Å². The molecule has 2 unspecified atom stereocenters. The van der Waals surface area contributed by atoms with E-state index >= 15 is 0 Å². The Morgan fingerprint density at radius 1 is 1.56 bits per heavy atom. The van der Waals surface area contributed by atoms with Crippen molar-refractivity contribution in [1.29, 1.82) is 0 Å². The lowest BCUT2D eigenvalue weighted by Crippen LogP contribution is -2.48. The highest BCUT2D eigenvalue weighted by atomic mass is 16.3. The van der Waals surface area contributed by atoms with E-state index < -0.39 is 0 Å². The first-order valence-electron chi connectivity index (χ1n) is 5.71. The first kappa shape index (κ1) is 11.2. The number of hydrogen-bond donors (Lipinski definition) is 1. The Bertz CT molecular complexity index is 386. The van der Waals surface area contributed by atoms with E-state index in [-0.39, 0.29) is 18.0 Å². The number of aryl methyl sites for hydroxylation is 1. The Morgan fingerprint density at radius 2 is 2.31 bits per heavy atom. The predicted octanol–water partition coefficient (Wildman–Crippen LogP) is 1.54. The molecule has 1 aliphatic heterocycles. The van der Waals surface area contributed by atoms with Gasteiger partial charge in [0.2, 0.25) is 0 Å². The molecule has 1 aromatic heterocycles. The van der Waals surface area contributed by atoms with Gasteiger partial charge in [-0.25, -0.2) is 0 Å². The van der Waals surface area contributed by atoms with Crippen molar-refractivity contribution < 1.29 is 9.21 Å². The fourth-order valence-electron chi connectivity index (χ4n) is 2.20. The number of carbonyl (C=O) groups excluding carboxylic acids is 1. The van der Waals surface area contributed by atoms with Crippen LogP contribution in [0, 0.1) is 6.92 Å². The molecule has 0 bridgehead atoms. The van der Waals surface area contributed by atoms with Crippen LogP contribution in [-0.2, 0) is 0 Å². The number of rotatable bonds is 1. The van der Waals surface area contributed by atoms with Gasteiger partial charge in [-0.05, 0) is 38.8 Å². The Kier molecular flexibility index (Phi) is 3.01. The summed E-state index contributed by atoms with van der Waals surface area (Å²) in [5, 5.41) is 0. The van der Waals surface area contributed by atoms with E-state index in [1.165, 1.54) is 0 Å². The third kappa shape index (κ3) is 2.11. The van der Waals surface area contributed by atoms with Gasteiger partial charge < -0.3 is 15.1 Å². The third-order valence-electron chi connectivity index (χ3n) is 3.13. The summed E-state index contributed by atoms with van der Waals surface area (Å²) in [5.74, 6) is 1.18. The van der Waals surface area contributed by atoms with Crippen LogP contribution >= 0.6 is 0 Å². The van der Waals surface area contributed by atoms with E-state index in [0.717, 1.165) is 25.1 Å². The molecule has 2 heterocycles. The first-order valence-corrected chi connectivity index (χ1v) is 5.71. The van der Waals surface area contributed by atoms with Crippen LogP contribution in [-0.4, -0.2) is 29.4 Å². The highest BCUT2D eigenvalue weighted by Crippen LogP contribution is 2.19. The van der Waals surface area contributed by atoms with Crippen LogP contribution in [0.25, 0.3) is 0 Å². The number of amides is 1. The second-order valence-corrected chi connectivity index (χ2v) is 4.54. The van der Waals surface area contributed by atoms with Crippen molar-refractivity contribution in [1.82, 2.24) is 4.90 Å². The zero-order chi connectivity index (χ0) is 11.7. The summed E-state index contributed by atoms with van der Waals surface area (Å²) in [6, 6.07) is 3.96. The fraction of sp³-hybridized carbons (Fsp3) is 0.583. The van der Waals surface area contributed by atoms with Gasteiger partial charge in [0.1, 0.15) is 5.76 Å². The maximum absolute atomic E-state index is 12.1. The maximum Gasteiger partial charge on any atom is 0.289 e. The number of nitrogens with zero attached hydrogens (tertiary/aromatic N) is 1. The van der Waals surface area contributed by atoms with Crippen LogP contribution in [0.2, 0.25) is 0 Å². The topological polar surface area (TPSA) is 59.5 Å². The van der Waals surface area contributed by atoms with Gasteiger partial charge in [-0.1, -0.05) is 0 Å². The number of hydrogen-bond acceptors (Lipinski definition) is 3. The van der Waals surface area contributed by atoms with Gasteiger partial charge in [0.05, 0.1) is 0 Å². The molecule has 2 N–H and O–H groups in total. The van der Waals surface area contributed by atoms with Gasteiger partial charge in [0, 0.05) is 18.6 Å². The van der Waals surface area contributed by atoms with Crippen molar-refractivity contribution in [3.05, 3.63) is 23.7 Å². The summed E-state index contributed by atoms with van der Waals surface area (Å²) in [6.45, 7) is 4.60. The molecule has 4 heteroatoms. The summed E-state index contributed by atoms with van der Waals surface area (Å²) in [5.41, 5.74) is 5.87. The quantitative estimate of drug-likeness (QED) is 0.784. The number of nitrogens with two attached hydrogens (primary N) is 1. The summed E-state index contributed by atoms with van der Waals surface area (Å²) in [7, 11) is 0. The minimum Gasteiger partial charge on any atom is -0.456 e. The van der Waals surface area contributed by atoms with E-state index in [2.05, 4.69) is 0 Å². The summed E-state index contributed by atoms with van der Waals surface area (Å²) in [4.78, 5) is 14.0. The van der Waals surface area contributed by atoms with Gasteiger partial charge in [-0.2, -0.15) is 0 Å². The molecule has 88 valence electrons. The molecule has 0 aromatic carbocycles. The zero-order valence-electron chi connectivity index (χ0n) is 9.77. The van der Waals surface area contributed by atoms with Crippen LogP contribution in [0.4, 0.5) is 0 Å². The molecule has 0 radical (unpaired) electrons. The molecule has 0 saturated carbocycles. The van der Waals surface area contributed by atoms with Crippen molar-refractivity contribution in [2.45, 2.75) is 38.8 Å². The summed E-state index contributed by atoms with van der Waals surface area (Å²) >= 11 is 0. The number of likely N-dealkylation sites (tertiary alicyclic amines) is 1. The number of piperidine rings is 1. The van der Waals surface area contributed by atoms with Crippen LogP contribution in [0.3, 0.4) is 0 Å². The minimum absolute atomic E-state index is 0.0208. The number of carbonyl (C=O) groups is 1. The molecule has 1 fully saturated rings. The number of furan rings is 1. The summed E-state index contributed by atoms with van der Waals surface area (Å²) < 4.78 is 5.35. The van der Waals surface area contributed by atoms with Gasteiger partial charge in [-0.15, -0.1) is 0 Å². The maximum atomic E-state index is 12.1. The molecule has 4 nitrogen and oxygen atoms in total. The molecule has 1 amide bonds. The van der Waals surface area contributed by atoms with E-state index in [1.54, 1.807) is 6.07 Å². The van der Waals surface area contributed by atoms with Crippen molar-refractivity contribution in [3.63, 3.8) is 0 Å². The van der Waals surface area contributed by atoms with Crippen molar-refractivity contribution in [2.24, 2.45) is 5.73 Å². The van der Waals surface area contributed by atoms with Crippen LogP contribution in [0.15, 0.2) is 16.5 Å². The van der Waals surface area contributed by atoms with E-state index in [4.69, 9.17) is 10.2 Å². The Labute approximate surface area is 95.4 Å². The van der Waals surface area contributed by atoms with Gasteiger partial charge >= 0.3 is 0 Å².